The highest BCUT2D eigenvalue weighted by Gasteiger charge is 2.41. The van der Waals surface area contributed by atoms with Crippen LogP contribution < -0.4 is 0 Å². The lowest BCUT2D eigenvalue weighted by molar-refractivity contribution is 0.0645. The number of aliphatic hydroxyl groups is 1. The molecule has 1 aromatic heterocycles. The van der Waals surface area contributed by atoms with E-state index in [1.165, 1.54) is 4.31 Å². The van der Waals surface area contributed by atoms with Gasteiger partial charge in [0.25, 0.3) is 0 Å². The van der Waals surface area contributed by atoms with E-state index in [1.54, 1.807) is 25.6 Å². The highest BCUT2D eigenvalue weighted by molar-refractivity contribution is 7.89. The van der Waals surface area contributed by atoms with E-state index >= 15 is 0 Å². The van der Waals surface area contributed by atoms with Crippen LogP contribution in [0.3, 0.4) is 0 Å². The summed E-state index contributed by atoms with van der Waals surface area (Å²) < 4.78 is 29.7. The molecule has 3 rings (SSSR count). The van der Waals surface area contributed by atoms with Gasteiger partial charge in [-0.25, -0.2) is 8.42 Å². The van der Waals surface area contributed by atoms with Crippen LogP contribution in [0.2, 0.25) is 0 Å². The Morgan fingerprint density at radius 3 is 2.50 bits per heavy atom. The normalized spacial score (nSPS) is 21.8. The van der Waals surface area contributed by atoms with Crippen molar-refractivity contribution in [1.29, 1.82) is 0 Å². The van der Waals surface area contributed by atoms with Crippen LogP contribution in [0.5, 0.6) is 0 Å². The molecule has 2 heterocycles. The van der Waals surface area contributed by atoms with Crippen molar-refractivity contribution in [2.24, 2.45) is 12.5 Å². The topological polar surface area (TPSA) is 75.4 Å². The van der Waals surface area contributed by atoms with Gasteiger partial charge in [0, 0.05) is 25.6 Å². The Bertz CT molecular complexity index is 877. The van der Waals surface area contributed by atoms with Gasteiger partial charge in [0.05, 0.1) is 18.0 Å². The third kappa shape index (κ3) is 3.43. The first kappa shape index (κ1) is 19.1. The fourth-order valence-electron chi connectivity index (χ4n) is 3.98. The quantitative estimate of drug-likeness (QED) is 0.865. The van der Waals surface area contributed by atoms with Gasteiger partial charge in [0.15, 0.2) is 0 Å². The molecule has 0 bridgehead atoms. The highest BCUT2D eigenvalue weighted by atomic mass is 32.2. The minimum absolute atomic E-state index is 0.0289. The van der Waals surface area contributed by atoms with Crippen LogP contribution >= 0.6 is 0 Å². The Hall–Kier alpha value is -1.70. The molecule has 0 saturated carbocycles. The van der Waals surface area contributed by atoms with Crippen LogP contribution in [0.25, 0.3) is 0 Å². The van der Waals surface area contributed by atoms with Gasteiger partial charge in [-0.15, -0.1) is 0 Å². The summed E-state index contributed by atoms with van der Waals surface area (Å²) in [6, 6.07) is 9.96. The molecule has 0 unspecified atom stereocenters. The fourth-order valence-corrected chi connectivity index (χ4v) is 5.97. The molecule has 26 heavy (non-hydrogen) atoms. The third-order valence-corrected chi connectivity index (χ3v) is 7.52. The summed E-state index contributed by atoms with van der Waals surface area (Å²) in [5.41, 5.74) is 1.84. The molecule has 1 fully saturated rings. The SMILES string of the molecule is Cc1nn(C)c(C)c1S(=O)(=O)N1CCC[C@@](CO)(Cc2ccccc2)C1. The molecule has 0 spiro atoms. The molecule has 2 aromatic rings. The van der Waals surface area contributed by atoms with Gasteiger partial charge in [-0.1, -0.05) is 30.3 Å². The van der Waals surface area contributed by atoms with Crippen molar-refractivity contribution in [3.63, 3.8) is 0 Å². The Kier molecular flexibility index (Phi) is 5.23. The number of benzene rings is 1. The van der Waals surface area contributed by atoms with Crippen LogP contribution in [0.1, 0.15) is 29.8 Å². The average Bonchev–Trinajstić information content (AvgIpc) is 2.88. The number of aromatic nitrogens is 2. The molecule has 142 valence electrons. The van der Waals surface area contributed by atoms with Gasteiger partial charge >= 0.3 is 0 Å². The Balaban J connectivity index is 1.91. The minimum atomic E-state index is -3.64. The highest BCUT2D eigenvalue weighted by Crippen LogP contribution is 2.36. The Morgan fingerprint density at radius 1 is 1.23 bits per heavy atom. The summed E-state index contributed by atoms with van der Waals surface area (Å²) in [5, 5.41) is 14.4. The van der Waals surface area contributed by atoms with Crippen molar-refractivity contribution >= 4 is 10.0 Å². The molecule has 0 aliphatic carbocycles. The van der Waals surface area contributed by atoms with E-state index in [1.807, 2.05) is 30.3 Å². The van der Waals surface area contributed by atoms with E-state index in [0.29, 0.717) is 35.8 Å². The third-order valence-electron chi connectivity index (χ3n) is 5.42. The van der Waals surface area contributed by atoms with Gasteiger partial charge < -0.3 is 5.11 Å². The number of rotatable bonds is 5. The van der Waals surface area contributed by atoms with Crippen molar-refractivity contribution in [2.45, 2.75) is 38.0 Å². The van der Waals surface area contributed by atoms with Crippen molar-refractivity contribution < 1.29 is 13.5 Å². The van der Waals surface area contributed by atoms with Crippen molar-refractivity contribution in [3.8, 4) is 0 Å². The zero-order valence-corrected chi connectivity index (χ0v) is 16.5. The van der Waals surface area contributed by atoms with E-state index in [4.69, 9.17) is 0 Å². The second-order valence-electron chi connectivity index (χ2n) is 7.39. The Morgan fingerprint density at radius 2 is 1.92 bits per heavy atom. The standard InChI is InChI=1S/C19H27N3O3S/c1-15-18(16(2)21(3)20-15)26(24,25)22-11-7-10-19(13-22,14-23)12-17-8-5-4-6-9-17/h4-6,8-9,23H,7,10-14H2,1-3H3/t19-/m1/s1. The summed E-state index contributed by atoms with van der Waals surface area (Å²) in [7, 11) is -1.88. The first-order chi connectivity index (χ1) is 12.3. The zero-order chi connectivity index (χ0) is 18.9. The van der Waals surface area contributed by atoms with Crippen LogP contribution in [0, 0.1) is 19.3 Å². The van der Waals surface area contributed by atoms with Gasteiger partial charge in [0.1, 0.15) is 4.90 Å². The summed E-state index contributed by atoms with van der Waals surface area (Å²) >= 11 is 0. The lowest BCUT2D eigenvalue weighted by atomic mass is 9.76. The molecule has 1 N–H and O–H groups in total. The number of hydrogen-bond donors (Lipinski definition) is 1. The molecule has 1 aromatic carbocycles. The van der Waals surface area contributed by atoms with E-state index in [2.05, 4.69) is 5.10 Å². The monoisotopic (exact) mass is 377 g/mol. The molecule has 6 nitrogen and oxygen atoms in total. The van der Waals surface area contributed by atoms with E-state index in [0.717, 1.165) is 18.4 Å². The number of aliphatic hydroxyl groups excluding tert-OH is 1. The summed E-state index contributed by atoms with van der Waals surface area (Å²) in [6.45, 7) is 4.28. The molecular formula is C19H27N3O3S. The molecule has 1 aliphatic heterocycles. The minimum Gasteiger partial charge on any atom is -0.396 e. The predicted octanol–water partition coefficient (Wildman–Crippen LogP) is 2.04. The van der Waals surface area contributed by atoms with Crippen molar-refractivity contribution in [1.82, 2.24) is 14.1 Å². The summed E-state index contributed by atoms with van der Waals surface area (Å²) in [5.74, 6) is 0. The van der Waals surface area contributed by atoms with Crippen LogP contribution in [0.15, 0.2) is 35.2 Å². The number of hydrogen-bond acceptors (Lipinski definition) is 4. The molecule has 0 amide bonds. The maximum Gasteiger partial charge on any atom is 0.246 e. The maximum absolute atomic E-state index is 13.3. The lowest BCUT2D eigenvalue weighted by Crippen LogP contribution is -2.49. The van der Waals surface area contributed by atoms with Gasteiger partial charge in [-0.3, -0.25) is 4.68 Å². The number of aryl methyl sites for hydroxylation is 2. The van der Waals surface area contributed by atoms with Crippen LogP contribution in [-0.2, 0) is 23.5 Å². The molecule has 1 aliphatic rings. The first-order valence-electron chi connectivity index (χ1n) is 8.94. The summed E-state index contributed by atoms with van der Waals surface area (Å²) in [4.78, 5) is 0.299. The Labute approximate surface area is 155 Å². The fraction of sp³-hybridized carbons (Fsp3) is 0.526. The maximum atomic E-state index is 13.3. The average molecular weight is 378 g/mol. The second-order valence-corrected chi connectivity index (χ2v) is 9.26. The van der Waals surface area contributed by atoms with Crippen LogP contribution in [0.4, 0.5) is 0 Å². The number of nitrogens with zero attached hydrogens (tertiary/aromatic N) is 3. The van der Waals surface area contributed by atoms with E-state index < -0.39 is 15.4 Å². The molecular weight excluding hydrogens is 350 g/mol. The van der Waals surface area contributed by atoms with Crippen molar-refractivity contribution in [3.05, 3.63) is 47.3 Å². The molecule has 1 atom stereocenters. The molecule has 1 saturated heterocycles. The van der Waals surface area contributed by atoms with Crippen molar-refractivity contribution in [2.75, 3.05) is 19.7 Å². The van der Waals surface area contributed by atoms with E-state index in [9.17, 15) is 13.5 Å². The van der Waals surface area contributed by atoms with Crippen LogP contribution in [-0.4, -0.2) is 47.3 Å². The van der Waals surface area contributed by atoms with Gasteiger partial charge in [-0.05, 0) is 38.7 Å². The lowest BCUT2D eigenvalue weighted by Gasteiger charge is -2.41. The molecule has 7 heteroatoms. The molecule has 0 radical (unpaired) electrons. The summed E-state index contributed by atoms with van der Waals surface area (Å²) in [6.07, 6.45) is 2.22. The van der Waals surface area contributed by atoms with Gasteiger partial charge in [0.2, 0.25) is 10.0 Å². The predicted molar refractivity (Wildman–Crippen MR) is 100 cm³/mol. The second kappa shape index (κ2) is 7.13. The number of piperidine rings is 1. The van der Waals surface area contributed by atoms with Gasteiger partial charge in [-0.2, -0.15) is 9.40 Å². The zero-order valence-electron chi connectivity index (χ0n) is 15.6. The smallest absolute Gasteiger partial charge is 0.246 e. The number of sulfonamides is 1. The first-order valence-corrected chi connectivity index (χ1v) is 10.4. The van der Waals surface area contributed by atoms with E-state index in [-0.39, 0.29) is 6.61 Å². The largest absolute Gasteiger partial charge is 0.396 e.